The zero-order valence-corrected chi connectivity index (χ0v) is 12.7. The predicted octanol–water partition coefficient (Wildman–Crippen LogP) is 4.29. The molecule has 1 amide bonds. The maximum Gasteiger partial charge on any atom is 0.411 e. The number of benzene rings is 3. The van der Waals surface area contributed by atoms with Crippen LogP contribution in [0.3, 0.4) is 0 Å². The average molecular weight is 321 g/mol. The van der Waals surface area contributed by atoms with Crippen molar-refractivity contribution in [2.24, 2.45) is 0 Å². The molecule has 0 unspecified atom stereocenters. The largest absolute Gasteiger partial charge is 0.478 e. The SMILES string of the molecule is O=C(Nc1ccc2c(C(=O)O)cccc2c1)OCc1ccccc1. The number of anilines is 1. The number of nitrogens with one attached hydrogen (secondary N) is 1. The van der Waals surface area contributed by atoms with Crippen molar-refractivity contribution in [1.82, 2.24) is 0 Å². The Morgan fingerprint density at radius 3 is 2.50 bits per heavy atom. The van der Waals surface area contributed by atoms with Crippen LogP contribution >= 0.6 is 0 Å². The Morgan fingerprint density at radius 2 is 1.75 bits per heavy atom. The summed E-state index contributed by atoms with van der Waals surface area (Å²) in [5.41, 5.74) is 1.67. The first-order valence-corrected chi connectivity index (χ1v) is 7.37. The van der Waals surface area contributed by atoms with Gasteiger partial charge in [-0.15, -0.1) is 0 Å². The van der Waals surface area contributed by atoms with E-state index in [0.717, 1.165) is 10.9 Å². The molecule has 0 bridgehead atoms. The van der Waals surface area contributed by atoms with E-state index < -0.39 is 12.1 Å². The van der Waals surface area contributed by atoms with E-state index in [4.69, 9.17) is 4.74 Å². The zero-order valence-electron chi connectivity index (χ0n) is 12.7. The van der Waals surface area contributed by atoms with Gasteiger partial charge in [-0.2, -0.15) is 0 Å². The van der Waals surface area contributed by atoms with Gasteiger partial charge in [-0.25, -0.2) is 9.59 Å². The van der Waals surface area contributed by atoms with Crippen LogP contribution in [-0.2, 0) is 11.3 Å². The predicted molar refractivity (Wildman–Crippen MR) is 91.2 cm³/mol. The third-order valence-corrected chi connectivity index (χ3v) is 3.57. The molecule has 5 heteroatoms. The molecule has 24 heavy (non-hydrogen) atoms. The molecule has 0 radical (unpaired) electrons. The molecule has 0 saturated heterocycles. The van der Waals surface area contributed by atoms with Gasteiger partial charge >= 0.3 is 12.1 Å². The van der Waals surface area contributed by atoms with Crippen LogP contribution in [0.15, 0.2) is 66.7 Å². The van der Waals surface area contributed by atoms with E-state index in [2.05, 4.69) is 5.32 Å². The van der Waals surface area contributed by atoms with Crippen molar-refractivity contribution in [2.45, 2.75) is 6.61 Å². The molecule has 0 fully saturated rings. The van der Waals surface area contributed by atoms with E-state index in [-0.39, 0.29) is 12.2 Å². The molecule has 0 aliphatic carbocycles. The summed E-state index contributed by atoms with van der Waals surface area (Å²) in [6, 6.07) is 19.4. The van der Waals surface area contributed by atoms with Gasteiger partial charge in [-0.05, 0) is 34.5 Å². The molecule has 0 aliphatic heterocycles. The van der Waals surface area contributed by atoms with Gasteiger partial charge in [0.1, 0.15) is 6.61 Å². The second-order valence-electron chi connectivity index (χ2n) is 5.23. The van der Waals surface area contributed by atoms with Crippen molar-refractivity contribution < 1.29 is 19.4 Å². The lowest BCUT2D eigenvalue weighted by Crippen LogP contribution is -2.13. The maximum absolute atomic E-state index is 11.9. The summed E-state index contributed by atoms with van der Waals surface area (Å²) in [5, 5.41) is 13.2. The highest BCUT2D eigenvalue weighted by atomic mass is 16.5. The molecule has 3 aromatic carbocycles. The van der Waals surface area contributed by atoms with E-state index >= 15 is 0 Å². The fourth-order valence-corrected chi connectivity index (χ4v) is 2.42. The minimum atomic E-state index is -0.983. The Balaban J connectivity index is 1.71. The number of carboxylic acid groups (broad SMARTS) is 1. The van der Waals surface area contributed by atoms with E-state index in [9.17, 15) is 14.7 Å². The molecular weight excluding hydrogens is 306 g/mol. The number of carbonyl (C=O) groups is 2. The zero-order chi connectivity index (χ0) is 16.9. The highest BCUT2D eigenvalue weighted by Crippen LogP contribution is 2.23. The molecule has 0 heterocycles. The van der Waals surface area contributed by atoms with Crippen molar-refractivity contribution in [2.75, 3.05) is 5.32 Å². The van der Waals surface area contributed by atoms with Crippen LogP contribution in [0.25, 0.3) is 10.8 Å². The van der Waals surface area contributed by atoms with Crippen molar-refractivity contribution >= 4 is 28.5 Å². The van der Waals surface area contributed by atoms with Gasteiger partial charge in [-0.3, -0.25) is 5.32 Å². The summed E-state index contributed by atoms with van der Waals surface area (Å²) in [5.74, 6) is -0.983. The highest BCUT2D eigenvalue weighted by Gasteiger charge is 2.09. The van der Waals surface area contributed by atoms with Gasteiger partial charge in [0, 0.05) is 5.69 Å². The van der Waals surface area contributed by atoms with E-state index in [0.29, 0.717) is 11.1 Å². The number of hydrogen-bond donors (Lipinski definition) is 2. The van der Waals surface area contributed by atoms with Crippen LogP contribution in [-0.4, -0.2) is 17.2 Å². The fraction of sp³-hybridized carbons (Fsp3) is 0.0526. The van der Waals surface area contributed by atoms with Gasteiger partial charge in [0.15, 0.2) is 0 Å². The minimum Gasteiger partial charge on any atom is -0.478 e. The fourth-order valence-electron chi connectivity index (χ4n) is 2.42. The lowest BCUT2D eigenvalue weighted by Gasteiger charge is -2.09. The van der Waals surface area contributed by atoms with Crippen LogP contribution in [0.1, 0.15) is 15.9 Å². The molecule has 0 aliphatic rings. The molecular formula is C19H15NO4. The summed E-state index contributed by atoms with van der Waals surface area (Å²) < 4.78 is 5.16. The average Bonchev–Trinajstić information content (AvgIpc) is 2.60. The summed E-state index contributed by atoms with van der Waals surface area (Å²) in [4.78, 5) is 23.1. The number of ether oxygens (including phenoxy) is 1. The lowest BCUT2D eigenvalue weighted by atomic mass is 10.0. The molecule has 0 aromatic heterocycles. The number of hydrogen-bond acceptors (Lipinski definition) is 3. The Morgan fingerprint density at radius 1 is 0.958 bits per heavy atom. The van der Waals surface area contributed by atoms with Crippen LogP contribution < -0.4 is 5.32 Å². The first kappa shape index (κ1) is 15.6. The summed E-state index contributed by atoms with van der Waals surface area (Å²) in [7, 11) is 0. The van der Waals surface area contributed by atoms with Gasteiger partial charge in [0.2, 0.25) is 0 Å². The molecule has 3 aromatic rings. The second kappa shape index (κ2) is 6.83. The quantitative estimate of drug-likeness (QED) is 0.752. The summed E-state index contributed by atoms with van der Waals surface area (Å²) in [6.45, 7) is 0.184. The van der Waals surface area contributed by atoms with Crippen LogP contribution in [0, 0.1) is 0 Å². The normalized spacial score (nSPS) is 10.3. The van der Waals surface area contributed by atoms with E-state index in [1.807, 2.05) is 30.3 Å². The van der Waals surface area contributed by atoms with E-state index in [1.54, 1.807) is 36.4 Å². The Labute approximate surface area is 138 Å². The molecule has 5 nitrogen and oxygen atoms in total. The van der Waals surface area contributed by atoms with Crippen molar-refractivity contribution in [3.05, 3.63) is 77.9 Å². The number of rotatable bonds is 4. The van der Waals surface area contributed by atoms with Crippen LogP contribution in [0.4, 0.5) is 10.5 Å². The number of carboxylic acids is 1. The van der Waals surface area contributed by atoms with E-state index in [1.165, 1.54) is 0 Å². The van der Waals surface area contributed by atoms with Crippen LogP contribution in [0.5, 0.6) is 0 Å². The molecule has 0 spiro atoms. The summed E-state index contributed by atoms with van der Waals surface area (Å²) in [6.07, 6.45) is -0.562. The lowest BCUT2D eigenvalue weighted by molar-refractivity contribution is 0.0699. The highest BCUT2D eigenvalue weighted by molar-refractivity contribution is 6.04. The third-order valence-electron chi connectivity index (χ3n) is 3.57. The second-order valence-corrected chi connectivity index (χ2v) is 5.23. The topological polar surface area (TPSA) is 75.6 Å². The number of aromatic carboxylic acids is 1. The van der Waals surface area contributed by atoms with Gasteiger partial charge in [0.25, 0.3) is 0 Å². The first-order valence-electron chi connectivity index (χ1n) is 7.37. The van der Waals surface area contributed by atoms with Crippen molar-refractivity contribution in [1.29, 1.82) is 0 Å². The number of carbonyl (C=O) groups excluding carboxylic acids is 1. The Kier molecular flexibility index (Phi) is 4.43. The molecule has 2 N–H and O–H groups in total. The monoisotopic (exact) mass is 321 g/mol. The number of fused-ring (bicyclic) bond motifs is 1. The van der Waals surface area contributed by atoms with Gasteiger partial charge in [-0.1, -0.05) is 48.5 Å². The maximum atomic E-state index is 11.9. The first-order chi connectivity index (χ1) is 11.6. The van der Waals surface area contributed by atoms with Crippen molar-refractivity contribution in [3.63, 3.8) is 0 Å². The Bertz CT molecular complexity index is 890. The molecule has 0 atom stereocenters. The smallest absolute Gasteiger partial charge is 0.411 e. The van der Waals surface area contributed by atoms with Crippen LogP contribution in [0.2, 0.25) is 0 Å². The third kappa shape index (κ3) is 3.52. The minimum absolute atomic E-state index is 0.184. The molecule has 3 rings (SSSR count). The van der Waals surface area contributed by atoms with Gasteiger partial charge < -0.3 is 9.84 Å². The molecule has 120 valence electrons. The standard InChI is InChI=1S/C19H15NO4/c21-18(22)17-8-4-7-14-11-15(9-10-16(14)17)20-19(23)24-12-13-5-2-1-3-6-13/h1-11H,12H2,(H,20,23)(H,21,22). The Hall–Kier alpha value is -3.34. The summed E-state index contributed by atoms with van der Waals surface area (Å²) >= 11 is 0. The van der Waals surface area contributed by atoms with Crippen molar-refractivity contribution in [3.8, 4) is 0 Å². The van der Waals surface area contributed by atoms with Gasteiger partial charge in [0.05, 0.1) is 5.56 Å². The molecule has 0 saturated carbocycles. The number of amides is 1.